The fourth-order valence-corrected chi connectivity index (χ4v) is 2.10. The average Bonchev–Trinajstić information content (AvgIpc) is 2.38. The van der Waals surface area contributed by atoms with Crippen LogP contribution in [0, 0.1) is 5.82 Å². The third kappa shape index (κ3) is 2.88. The fourth-order valence-electron chi connectivity index (χ4n) is 1.68. The van der Waals surface area contributed by atoms with Crippen molar-refractivity contribution in [3.8, 4) is 5.75 Å². The molecule has 0 heterocycles. The molecule has 0 radical (unpaired) electrons. The number of carbonyl (C=O) groups excluding carboxylic acids is 1. The highest BCUT2D eigenvalue weighted by molar-refractivity contribution is 6.35. The number of halogens is 3. The van der Waals surface area contributed by atoms with Crippen molar-refractivity contribution >= 4 is 29.0 Å². The van der Waals surface area contributed by atoms with E-state index in [2.05, 4.69) is 0 Å². The Morgan fingerprint density at radius 3 is 2.47 bits per heavy atom. The Kier molecular flexibility index (Phi) is 4.08. The monoisotopic (exact) mass is 298 g/mol. The minimum absolute atomic E-state index is 0.0482. The van der Waals surface area contributed by atoms with Crippen LogP contribution < -0.4 is 4.74 Å². The molecule has 19 heavy (non-hydrogen) atoms. The molecule has 2 rings (SSSR count). The lowest BCUT2D eigenvalue weighted by Crippen LogP contribution is -2.05. The fraction of sp³-hybridized carbons (Fsp3) is 0.0714. The third-order valence-corrected chi connectivity index (χ3v) is 3.13. The lowest BCUT2D eigenvalue weighted by Gasteiger charge is -2.09. The zero-order valence-electron chi connectivity index (χ0n) is 9.91. The second-order valence-electron chi connectivity index (χ2n) is 3.80. The van der Waals surface area contributed by atoms with Crippen molar-refractivity contribution in [3.05, 3.63) is 63.4 Å². The maximum absolute atomic E-state index is 13.0. The van der Waals surface area contributed by atoms with Crippen LogP contribution in [-0.2, 0) is 0 Å². The van der Waals surface area contributed by atoms with Crippen LogP contribution in [0.15, 0.2) is 36.4 Å². The molecule has 0 aliphatic rings. The predicted molar refractivity (Wildman–Crippen MR) is 72.8 cm³/mol. The average molecular weight is 299 g/mol. The van der Waals surface area contributed by atoms with Crippen LogP contribution in [0.4, 0.5) is 4.39 Å². The van der Waals surface area contributed by atoms with Crippen LogP contribution in [0.2, 0.25) is 10.0 Å². The molecule has 0 aromatic heterocycles. The molecule has 0 bridgehead atoms. The molecular weight excluding hydrogens is 290 g/mol. The summed E-state index contributed by atoms with van der Waals surface area (Å²) < 4.78 is 18.1. The van der Waals surface area contributed by atoms with Crippen molar-refractivity contribution < 1.29 is 13.9 Å². The van der Waals surface area contributed by atoms with E-state index in [-0.39, 0.29) is 21.9 Å². The second-order valence-corrected chi connectivity index (χ2v) is 4.64. The molecule has 0 spiro atoms. The number of rotatable bonds is 3. The lowest BCUT2D eigenvalue weighted by atomic mass is 10.0. The van der Waals surface area contributed by atoms with Gasteiger partial charge >= 0.3 is 0 Å². The highest BCUT2D eigenvalue weighted by Crippen LogP contribution is 2.28. The van der Waals surface area contributed by atoms with Crippen LogP contribution in [0.1, 0.15) is 15.9 Å². The zero-order chi connectivity index (χ0) is 14.0. The summed E-state index contributed by atoms with van der Waals surface area (Å²) in [5.41, 5.74) is 0.479. The van der Waals surface area contributed by atoms with Gasteiger partial charge < -0.3 is 4.74 Å². The summed E-state index contributed by atoms with van der Waals surface area (Å²) in [7, 11) is 1.45. The van der Waals surface area contributed by atoms with Gasteiger partial charge in [-0.2, -0.15) is 0 Å². The van der Waals surface area contributed by atoms with Crippen molar-refractivity contribution in [1.29, 1.82) is 0 Å². The number of benzene rings is 2. The topological polar surface area (TPSA) is 26.3 Å². The molecule has 2 aromatic carbocycles. The highest BCUT2D eigenvalue weighted by atomic mass is 35.5. The molecule has 0 amide bonds. The van der Waals surface area contributed by atoms with E-state index in [1.807, 2.05) is 0 Å². The van der Waals surface area contributed by atoms with Crippen LogP contribution in [0.3, 0.4) is 0 Å². The number of ketones is 1. The first kappa shape index (κ1) is 13.8. The third-order valence-electron chi connectivity index (χ3n) is 2.58. The van der Waals surface area contributed by atoms with Crippen molar-refractivity contribution in [2.75, 3.05) is 7.11 Å². The molecule has 0 saturated carbocycles. The minimum Gasteiger partial charge on any atom is -0.496 e. The first-order chi connectivity index (χ1) is 9.02. The Morgan fingerprint density at radius 2 is 1.84 bits per heavy atom. The molecule has 0 saturated heterocycles. The van der Waals surface area contributed by atoms with Gasteiger partial charge in [-0.05, 0) is 36.4 Å². The molecule has 2 nitrogen and oxygen atoms in total. The van der Waals surface area contributed by atoms with Crippen molar-refractivity contribution in [3.63, 3.8) is 0 Å². The number of ether oxygens (including phenoxy) is 1. The van der Waals surface area contributed by atoms with Gasteiger partial charge in [0.25, 0.3) is 0 Å². The first-order valence-corrected chi connectivity index (χ1v) is 6.12. The van der Waals surface area contributed by atoms with E-state index >= 15 is 0 Å². The van der Waals surface area contributed by atoms with Gasteiger partial charge in [-0.1, -0.05) is 23.2 Å². The SMILES string of the molecule is COc1ccc(Cl)cc1C(=O)c1ccc(F)cc1Cl. The van der Waals surface area contributed by atoms with Gasteiger partial charge in [0.05, 0.1) is 17.7 Å². The Morgan fingerprint density at radius 1 is 1.11 bits per heavy atom. The first-order valence-electron chi connectivity index (χ1n) is 5.36. The molecule has 0 aliphatic heterocycles. The maximum Gasteiger partial charge on any atom is 0.198 e. The predicted octanol–water partition coefficient (Wildman–Crippen LogP) is 4.37. The summed E-state index contributed by atoms with van der Waals surface area (Å²) in [5, 5.41) is 0.453. The number of hydrogen-bond donors (Lipinski definition) is 0. The van der Waals surface area contributed by atoms with Gasteiger partial charge in [0.15, 0.2) is 5.78 Å². The molecule has 0 aliphatic carbocycles. The van der Waals surface area contributed by atoms with Gasteiger partial charge in [0.2, 0.25) is 0 Å². The standard InChI is InChI=1S/C14H9Cl2FO2/c1-19-13-5-2-8(15)6-11(13)14(18)10-4-3-9(17)7-12(10)16/h2-7H,1H3. The summed E-state index contributed by atoms with van der Waals surface area (Å²) in [6, 6.07) is 8.29. The summed E-state index contributed by atoms with van der Waals surface area (Å²) in [6.45, 7) is 0. The van der Waals surface area contributed by atoms with E-state index in [1.165, 1.54) is 25.3 Å². The largest absolute Gasteiger partial charge is 0.496 e. The Labute approximate surface area is 119 Å². The molecule has 5 heteroatoms. The van der Waals surface area contributed by atoms with E-state index in [0.29, 0.717) is 10.8 Å². The quantitative estimate of drug-likeness (QED) is 0.787. The molecule has 0 unspecified atom stereocenters. The van der Waals surface area contributed by atoms with Crippen molar-refractivity contribution in [2.45, 2.75) is 0 Å². The molecule has 2 aromatic rings. The zero-order valence-corrected chi connectivity index (χ0v) is 11.4. The molecular formula is C14H9Cl2FO2. The number of carbonyl (C=O) groups is 1. The lowest BCUT2D eigenvalue weighted by molar-refractivity contribution is 0.103. The molecule has 0 atom stereocenters. The number of hydrogen-bond acceptors (Lipinski definition) is 2. The van der Waals surface area contributed by atoms with E-state index in [9.17, 15) is 9.18 Å². The second kappa shape index (κ2) is 5.59. The van der Waals surface area contributed by atoms with Crippen LogP contribution >= 0.6 is 23.2 Å². The highest BCUT2D eigenvalue weighted by Gasteiger charge is 2.18. The maximum atomic E-state index is 13.0. The minimum atomic E-state index is -0.500. The van der Waals surface area contributed by atoms with Gasteiger partial charge in [0, 0.05) is 10.6 Å². The van der Waals surface area contributed by atoms with Crippen LogP contribution in [0.5, 0.6) is 5.75 Å². The van der Waals surface area contributed by atoms with Gasteiger partial charge in [-0.15, -0.1) is 0 Å². The van der Waals surface area contributed by atoms with Crippen LogP contribution in [-0.4, -0.2) is 12.9 Å². The van der Waals surface area contributed by atoms with E-state index in [0.717, 1.165) is 6.07 Å². The van der Waals surface area contributed by atoms with Gasteiger partial charge in [-0.25, -0.2) is 4.39 Å². The van der Waals surface area contributed by atoms with Crippen LogP contribution in [0.25, 0.3) is 0 Å². The van der Waals surface area contributed by atoms with Gasteiger partial charge in [-0.3, -0.25) is 4.79 Å². The molecule has 0 fully saturated rings. The molecule has 0 N–H and O–H groups in total. The van der Waals surface area contributed by atoms with E-state index in [1.54, 1.807) is 12.1 Å². The van der Waals surface area contributed by atoms with Crippen molar-refractivity contribution in [1.82, 2.24) is 0 Å². The normalized spacial score (nSPS) is 10.3. The smallest absolute Gasteiger partial charge is 0.198 e. The molecule has 98 valence electrons. The van der Waals surface area contributed by atoms with E-state index in [4.69, 9.17) is 27.9 Å². The summed E-state index contributed by atoms with van der Waals surface area (Å²) >= 11 is 11.7. The Bertz CT molecular complexity index is 641. The summed E-state index contributed by atoms with van der Waals surface area (Å²) in [5.74, 6) is -0.487. The van der Waals surface area contributed by atoms with E-state index < -0.39 is 5.82 Å². The van der Waals surface area contributed by atoms with Gasteiger partial charge in [0.1, 0.15) is 11.6 Å². The summed E-state index contributed by atoms with van der Waals surface area (Å²) in [6.07, 6.45) is 0. The Hall–Kier alpha value is -1.58. The Balaban J connectivity index is 2.52. The summed E-state index contributed by atoms with van der Waals surface area (Å²) in [4.78, 5) is 12.4. The number of methoxy groups -OCH3 is 1. The van der Waals surface area contributed by atoms with Crippen molar-refractivity contribution in [2.24, 2.45) is 0 Å².